The number of benzene rings is 1. The maximum absolute atomic E-state index is 13.4. The third-order valence-corrected chi connectivity index (χ3v) is 3.00. The number of hydrogen-bond donors (Lipinski definition) is 1. The van der Waals surface area contributed by atoms with Crippen LogP contribution in [0.15, 0.2) is 18.2 Å². The van der Waals surface area contributed by atoms with Crippen LogP contribution in [0.2, 0.25) is 0 Å². The highest BCUT2D eigenvalue weighted by molar-refractivity contribution is 5.22. The second-order valence-electron chi connectivity index (χ2n) is 4.37. The summed E-state index contributed by atoms with van der Waals surface area (Å²) in [7, 11) is 0. The van der Waals surface area contributed by atoms with Crippen LogP contribution >= 0.6 is 0 Å². The van der Waals surface area contributed by atoms with E-state index in [1.165, 1.54) is 12.1 Å². The van der Waals surface area contributed by atoms with Gasteiger partial charge in [0.25, 0.3) is 0 Å². The molecule has 1 aromatic carbocycles. The lowest BCUT2D eigenvalue weighted by Crippen LogP contribution is -2.22. The summed E-state index contributed by atoms with van der Waals surface area (Å²) in [4.78, 5) is 0. The fourth-order valence-electron chi connectivity index (χ4n) is 1.82. The van der Waals surface area contributed by atoms with Crippen molar-refractivity contribution in [1.82, 2.24) is 5.32 Å². The summed E-state index contributed by atoms with van der Waals surface area (Å²) in [6, 6.07) is 4.18. The summed E-state index contributed by atoms with van der Waals surface area (Å²) in [6.07, 6.45) is 1.15. The standard InChI is InChI=1S/C12H15F2N/c1-7-5-12(7)15-8(2)10-4-3-9(13)6-11(10)14/h3-4,6-8,12,15H,5H2,1-2H3. The molecule has 1 aliphatic carbocycles. The van der Waals surface area contributed by atoms with Crippen molar-refractivity contribution in [3.8, 4) is 0 Å². The van der Waals surface area contributed by atoms with E-state index >= 15 is 0 Å². The zero-order valence-corrected chi connectivity index (χ0v) is 8.93. The fraction of sp³-hybridized carbons (Fsp3) is 0.500. The Kier molecular flexibility index (Phi) is 2.74. The molecular formula is C12H15F2N. The zero-order chi connectivity index (χ0) is 11.0. The lowest BCUT2D eigenvalue weighted by molar-refractivity contribution is 0.507. The highest BCUT2D eigenvalue weighted by atomic mass is 19.1. The van der Waals surface area contributed by atoms with Gasteiger partial charge in [-0.25, -0.2) is 8.78 Å². The van der Waals surface area contributed by atoms with Crippen LogP contribution in [0, 0.1) is 17.6 Å². The molecular weight excluding hydrogens is 196 g/mol. The number of nitrogens with one attached hydrogen (secondary N) is 1. The van der Waals surface area contributed by atoms with Crippen LogP contribution in [0.5, 0.6) is 0 Å². The Hall–Kier alpha value is -0.960. The largest absolute Gasteiger partial charge is 0.307 e. The lowest BCUT2D eigenvalue weighted by atomic mass is 10.1. The maximum atomic E-state index is 13.4. The van der Waals surface area contributed by atoms with Gasteiger partial charge in [0.15, 0.2) is 0 Å². The first-order valence-corrected chi connectivity index (χ1v) is 5.29. The minimum absolute atomic E-state index is 0.0550. The molecule has 0 heterocycles. The molecule has 2 rings (SSSR count). The number of halogens is 2. The van der Waals surface area contributed by atoms with Crippen molar-refractivity contribution in [2.75, 3.05) is 0 Å². The predicted octanol–water partition coefficient (Wildman–Crippen LogP) is 3.02. The van der Waals surface area contributed by atoms with Gasteiger partial charge in [0, 0.05) is 23.7 Å². The molecule has 0 radical (unpaired) electrons. The normalized spacial score (nSPS) is 26.4. The zero-order valence-electron chi connectivity index (χ0n) is 8.93. The van der Waals surface area contributed by atoms with E-state index in [1.54, 1.807) is 0 Å². The van der Waals surface area contributed by atoms with Crippen molar-refractivity contribution in [3.05, 3.63) is 35.4 Å². The van der Waals surface area contributed by atoms with Crippen molar-refractivity contribution in [3.63, 3.8) is 0 Å². The second kappa shape index (κ2) is 3.89. The SMILES string of the molecule is CC(NC1CC1C)c1ccc(F)cc1F. The summed E-state index contributed by atoms with van der Waals surface area (Å²) >= 11 is 0. The van der Waals surface area contributed by atoms with Gasteiger partial charge in [-0.3, -0.25) is 0 Å². The molecule has 1 N–H and O–H groups in total. The minimum atomic E-state index is -0.525. The Balaban J connectivity index is 2.07. The molecule has 3 heteroatoms. The Morgan fingerprint density at radius 2 is 2.07 bits per heavy atom. The van der Waals surface area contributed by atoms with Crippen LogP contribution in [0.4, 0.5) is 8.78 Å². The molecule has 3 unspecified atom stereocenters. The van der Waals surface area contributed by atoms with Gasteiger partial charge in [0.2, 0.25) is 0 Å². The molecule has 0 spiro atoms. The molecule has 1 saturated carbocycles. The number of hydrogen-bond acceptors (Lipinski definition) is 1. The van der Waals surface area contributed by atoms with Crippen molar-refractivity contribution >= 4 is 0 Å². The van der Waals surface area contributed by atoms with Crippen molar-refractivity contribution in [2.24, 2.45) is 5.92 Å². The third kappa shape index (κ3) is 2.34. The van der Waals surface area contributed by atoms with Crippen LogP contribution in [0.3, 0.4) is 0 Å². The van der Waals surface area contributed by atoms with Gasteiger partial charge in [0.05, 0.1) is 0 Å². The van der Waals surface area contributed by atoms with Gasteiger partial charge >= 0.3 is 0 Å². The monoisotopic (exact) mass is 211 g/mol. The van der Waals surface area contributed by atoms with Gasteiger partial charge in [-0.1, -0.05) is 13.0 Å². The Labute approximate surface area is 88.5 Å². The second-order valence-corrected chi connectivity index (χ2v) is 4.37. The molecule has 82 valence electrons. The predicted molar refractivity (Wildman–Crippen MR) is 55.5 cm³/mol. The first kappa shape index (κ1) is 10.6. The third-order valence-electron chi connectivity index (χ3n) is 3.00. The minimum Gasteiger partial charge on any atom is -0.307 e. The Bertz CT molecular complexity index is 365. The first-order chi connectivity index (χ1) is 7.08. The van der Waals surface area contributed by atoms with E-state index in [-0.39, 0.29) is 6.04 Å². The summed E-state index contributed by atoms with van der Waals surface area (Å²) < 4.78 is 26.1. The van der Waals surface area contributed by atoms with Crippen molar-refractivity contribution in [2.45, 2.75) is 32.4 Å². The molecule has 3 atom stereocenters. The molecule has 0 bridgehead atoms. The molecule has 0 aliphatic heterocycles. The van der Waals surface area contributed by atoms with E-state index in [0.29, 0.717) is 17.5 Å². The van der Waals surface area contributed by atoms with Gasteiger partial charge in [0.1, 0.15) is 11.6 Å². The molecule has 0 aromatic heterocycles. The van der Waals surface area contributed by atoms with E-state index in [2.05, 4.69) is 12.2 Å². The summed E-state index contributed by atoms with van der Waals surface area (Å²) in [5.74, 6) is -0.317. The molecule has 0 amide bonds. The summed E-state index contributed by atoms with van der Waals surface area (Å²) in [6.45, 7) is 4.06. The summed E-state index contributed by atoms with van der Waals surface area (Å²) in [5.41, 5.74) is 0.538. The average Bonchev–Trinajstić information content (AvgIpc) is 2.81. The molecule has 1 aliphatic rings. The van der Waals surface area contributed by atoms with E-state index < -0.39 is 11.6 Å². The molecule has 1 fully saturated rings. The number of rotatable bonds is 3. The fourth-order valence-corrected chi connectivity index (χ4v) is 1.82. The first-order valence-electron chi connectivity index (χ1n) is 5.29. The highest BCUT2D eigenvalue weighted by Crippen LogP contribution is 2.32. The summed E-state index contributed by atoms with van der Waals surface area (Å²) in [5, 5.41) is 3.32. The maximum Gasteiger partial charge on any atom is 0.130 e. The molecule has 0 saturated heterocycles. The van der Waals surface area contributed by atoms with Gasteiger partial charge in [-0.15, -0.1) is 0 Å². The van der Waals surface area contributed by atoms with Gasteiger partial charge in [-0.2, -0.15) is 0 Å². The van der Waals surface area contributed by atoms with Crippen LogP contribution in [-0.2, 0) is 0 Å². The Morgan fingerprint density at radius 1 is 1.40 bits per heavy atom. The molecule has 15 heavy (non-hydrogen) atoms. The van der Waals surface area contributed by atoms with E-state index in [9.17, 15) is 8.78 Å². The van der Waals surface area contributed by atoms with Crippen molar-refractivity contribution < 1.29 is 8.78 Å². The molecule has 1 aromatic rings. The Morgan fingerprint density at radius 3 is 2.60 bits per heavy atom. The topological polar surface area (TPSA) is 12.0 Å². The van der Waals surface area contributed by atoms with Gasteiger partial charge in [-0.05, 0) is 25.3 Å². The van der Waals surface area contributed by atoms with E-state index in [0.717, 1.165) is 12.5 Å². The van der Waals surface area contributed by atoms with Crippen molar-refractivity contribution in [1.29, 1.82) is 0 Å². The molecule has 1 nitrogen and oxygen atoms in total. The average molecular weight is 211 g/mol. The lowest BCUT2D eigenvalue weighted by Gasteiger charge is -2.14. The van der Waals surface area contributed by atoms with E-state index in [1.807, 2.05) is 6.92 Å². The highest BCUT2D eigenvalue weighted by Gasteiger charge is 2.33. The van der Waals surface area contributed by atoms with Gasteiger partial charge < -0.3 is 5.32 Å². The quantitative estimate of drug-likeness (QED) is 0.810. The van der Waals surface area contributed by atoms with Crippen LogP contribution in [0.25, 0.3) is 0 Å². The van der Waals surface area contributed by atoms with Crippen LogP contribution in [0.1, 0.15) is 31.9 Å². The van der Waals surface area contributed by atoms with Crippen LogP contribution in [-0.4, -0.2) is 6.04 Å². The smallest absolute Gasteiger partial charge is 0.130 e. The van der Waals surface area contributed by atoms with Crippen LogP contribution < -0.4 is 5.32 Å². The van der Waals surface area contributed by atoms with E-state index in [4.69, 9.17) is 0 Å².